The largest absolute Gasteiger partial charge is 0.467 e. The molecule has 0 bridgehead atoms. The molecule has 7 nitrogen and oxygen atoms in total. The number of nitriles is 1. The van der Waals surface area contributed by atoms with E-state index in [1.807, 2.05) is 12.1 Å². The third-order valence-corrected chi connectivity index (χ3v) is 4.40. The van der Waals surface area contributed by atoms with Gasteiger partial charge in [0.1, 0.15) is 5.82 Å². The first kappa shape index (κ1) is 18.4. The Hall–Kier alpha value is -3.99. The number of benzene rings is 2. The minimum absolute atomic E-state index is 0.190. The minimum atomic E-state index is -0.256. The lowest BCUT2D eigenvalue weighted by atomic mass is 10.1. The van der Waals surface area contributed by atoms with Crippen molar-refractivity contribution in [2.45, 2.75) is 6.42 Å². The van der Waals surface area contributed by atoms with E-state index < -0.39 is 0 Å². The summed E-state index contributed by atoms with van der Waals surface area (Å²) in [5, 5.41) is 13.1. The van der Waals surface area contributed by atoms with Crippen LogP contribution in [0, 0.1) is 17.1 Å². The second kappa shape index (κ2) is 7.94. The molecule has 0 atom stereocenters. The van der Waals surface area contributed by atoms with Crippen LogP contribution >= 0.6 is 0 Å². The highest BCUT2D eigenvalue weighted by Gasteiger charge is 2.12. The van der Waals surface area contributed by atoms with E-state index in [0.29, 0.717) is 36.0 Å². The van der Waals surface area contributed by atoms with Gasteiger partial charge in [-0.2, -0.15) is 20.2 Å². The Labute approximate surface area is 166 Å². The van der Waals surface area contributed by atoms with E-state index >= 15 is 0 Å². The van der Waals surface area contributed by atoms with Gasteiger partial charge in [0.05, 0.1) is 24.4 Å². The third-order valence-electron chi connectivity index (χ3n) is 4.40. The monoisotopic (exact) mass is 388 g/mol. The van der Waals surface area contributed by atoms with E-state index in [1.54, 1.807) is 24.3 Å². The molecule has 0 saturated heterocycles. The van der Waals surface area contributed by atoms with Gasteiger partial charge in [0.2, 0.25) is 5.95 Å². The fourth-order valence-corrected chi connectivity index (χ4v) is 2.94. The number of H-pyrrole nitrogens is 1. The maximum atomic E-state index is 13.0. The van der Waals surface area contributed by atoms with Gasteiger partial charge >= 0.3 is 6.01 Å². The van der Waals surface area contributed by atoms with Gasteiger partial charge in [0.15, 0.2) is 5.82 Å². The summed E-state index contributed by atoms with van der Waals surface area (Å²) < 4.78 is 18.2. The lowest BCUT2D eigenvalue weighted by Crippen LogP contribution is -2.10. The number of hydrogen-bond acceptors (Lipinski definition) is 6. The predicted molar refractivity (Wildman–Crippen MR) is 107 cm³/mol. The Morgan fingerprint density at radius 3 is 2.69 bits per heavy atom. The van der Waals surface area contributed by atoms with Crippen LogP contribution in [-0.4, -0.2) is 33.6 Å². The fraction of sp³-hybridized carbons (Fsp3) is 0.143. The molecule has 0 fully saturated rings. The Morgan fingerprint density at radius 1 is 1.10 bits per heavy atom. The Bertz CT molecular complexity index is 1200. The molecule has 4 rings (SSSR count). The van der Waals surface area contributed by atoms with E-state index in [1.165, 1.54) is 19.2 Å². The molecule has 0 radical (unpaired) electrons. The van der Waals surface area contributed by atoms with Crippen LogP contribution in [-0.2, 0) is 6.42 Å². The van der Waals surface area contributed by atoms with E-state index in [-0.39, 0.29) is 11.8 Å². The van der Waals surface area contributed by atoms with Crippen LogP contribution in [0.4, 0.5) is 10.3 Å². The van der Waals surface area contributed by atoms with Crippen molar-refractivity contribution in [3.63, 3.8) is 0 Å². The first-order valence-electron chi connectivity index (χ1n) is 8.96. The molecule has 0 saturated carbocycles. The summed E-state index contributed by atoms with van der Waals surface area (Å²) in [7, 11) is 1.49. The van der Waals surface area contributed by atoms with Crippen LogP contribution in [0.3, 0.4) is 0 Å². The maximum Gasteiger partial charge on any atom is 0.321 e. The Morgan fingerprint density at radius 2 is 1.93 bits per heavy atom. The number of nitrogens with zero attached hydrogens (tertiary/aromatic N) is 4. The lowest BCUT2D eigenvalue weighted by Gasteiger charge is -2.08. The summed E-state index contributed by atoms with van der Waals surface area (Å²) in [5.74, 6) is 0.551. The molecular weight excluding hydrogens is 371 g/mol. The zero-order valence-electron chi connectivity index (χ0n) is 15.6. The van der Waals surface area contributed by atoms with Gasteiger partial charge in [-0.3, -0.25) is 0 Å². The van der Waals surface area contributed by atoms with Crippen LogP contribution in [0.15, 0.2) is 48.5 Å². The number of fused-ring (bicyclic) bond motifs is 1. The Balaban J connectivity index is 1.56. The van der Waals surface area contributed by atoms with Crippen molar-refractivity contribution in [3.8, 4) is 23.6 Å². The first-order valence-corrected chi connectivity index (χ1v) is 8.96. The van der Waals surface area contributed by atoms with Crippen LogP contribution in [0.2, 0.25) is 0 Å². The summed E-state index contributed by atoms with van der Waals surface area (Å²) in [6.07, 6.45) is 0.687. The van der Waals surface area contributed by atoms with Gasteiger partial charge in [-0.05, 0) is 48.4 Å². The average molecular weight is 388 g/mol. The van der Waals surface area contributed by atoms with E-state index in [0.717, 1.165) is 16.5 Å². The highest BCUT2D eigenvalue weighted by molar-refractivity contribution is 5.85. The highest BCUT2D eigenvalue weighted by atomic mass is 19.1. The second-order valence-electron chi connectivity index (χ2n) is 6.37. The molecule has 2 aromatic heterocycles. The molecule has 0 aliphatic heterocycles. The van der Waals surface area contributed by atoms with E-state index in [9.17, 15) is 4.39 Å². The molecule has 2 N–H and O–H groups in total. The summed E-state index contributed by atoms with van der Waals surface area (Å²) in [6.45, 7) is 0.566. The SMILES string of the molecule is COc1nc(NCCc2ccc(F)cc2)nc(-c2cc3cc(C#N)ccc3[nH]2)n1. The van der Waals surface area contributed by atoms with Crippen LogP contribution in [0.25, 0.3) is 22.4 Å². The summed E-state index contributed by atoms with van der Waals surface area (Å²) >= 11 is 0. The molecule has 0 amide bonds. The Kier molecular flexibility index (Phi) is 5.03. The van der Waals surface area contributed by atoms with Crippen molar-refractivity contribution in [2.75, 3.05) is 19.0 Å². The molecular formula is C21H17FN6O. The van der Waals surface area contributed by atoms with E-state index in [4.69, 9.17) is 10.00 Å². The molecule has 0 aliphatic rings. The molecule has 8 heteroatoms. The molecule has 0 spiro atoms. The zero-order chi connectivity index (χ0) is 20.2. The third kappa shape index (κ3) is 4.14. The number of ether oxygens (including phenoxy) is 1. The van der Waals surface area contributed by atoms with E-state index in [2.05, 4.69) is 31.3 Å². The van der Waals surface area contributed by atoms with Gasteiger partial charge in [0, 0.05) is 17.4 Å². The van der Waals surface area contributed by atoms with Crippen molar-refractivity contribution in [3.05, 3.63) is 65.5 Å². The number of aromatic amines is 1. The number of hydrogen-bond donors (Lipinski definition) is 2. The first-order chi connectivity index (χ1) is 14.1. The normalized spacial score (nSPS) is 10.7. The number of methoxy groups -OCH3 is 1. The molecule has 0 aliphatic carbocycles. The van der Waals surface area contributed by atoms with Crippen molar-refractivity contribution in [1.82, 2.24) is 19.9 Å². The molecule has 4 aromatic rings. The summed E-state index contributed by atoms with van der Waals surface area (Å²) in [6, 6.07) is 16.0. The number of aromatic nitrogens is 4. The van der Waals surface area contributed by atoms with Crippen LogP contribution in [0.5, 0.6) is 6.01 Å². The number of rotatable bonds is 6. The van der Waals surface area contributed by atoms with Crippen LogP contribution < -0.4 is 10.1 Å². The van der Waals surface area contributed by atoms with Gasteiger partial charge in [-0.15, -0.1) is 0 Å². The predicted octanol–water partition coefficient (Wildman–Crippen LogP) is 3.69. The summed E-state index contributed by atoms with van der Waals surface area (Å²) in [4.78, 5) is 16.3. The second-order valence-corrected chi connectivity index (χ2v) is 6.37. The molecule has 2 aromatic carbocycles. The maximum absolute atomic E-state index is 13.0. The quantitative estimate of drug-likeness (QED) is 0.523. The zero-order valence-corrected chi connectivity index (χ0v) is 15.6. The van der Waals surface area contributed by atoms with Crippen molar-refractivity contribution >= 4 is 16.9 Å². The number of nitrogens with one attached hydrogen (secondary N) is 2. The standard InChI is InChI=1S/C21H17FN6O/c1-29-21-27-19(18-11-15-10-14(12-23)4-7-17(15)25-18)26-20(28-21)24-9-8-13-2-5-16(22)6-3-13/h2-7,10-11,25H,8-9H2,1H3,(H,24,26,27,28). The summed E-state index contributed by atoms with van der Waals surface area (Å²) in [5.41, 5.74) is 3.16. The van der Waals surface area contributed by atoms with Gasteiger partial charge in [-0.25, -0.2) is 4.39 Å². The molecule has 0 unspecified atom stereocenters. The fourth-order valence-electron chi connectivity index (χ4n) is 2.94. The number of anilines is 1. The topological polar surface area (TPSA) is 99.5 Å². The average Bonchev–Trinajstić information content (AvgIpc) is 3.18. The molecule has 2 heterocycles. The van der Waals surface area contributed by atoms with Crippen molar-refractivity contribution in [2.24, 2.45) is 0 Å². The molecule has 29 heavy (non-hydrogen) atoms. The lowest BCUT2D eigenvalue weighted by molar-refractivity contribution is 0.379. The van der Waals surface area contributed by atoms with Crippen molar-refractivity contribution < 1.29 is 9.13 Å². The number of halogens is 1. The smallest absolute Gasteiger partial charge is 0.321 e. The molecule has 144 valence electrons. The van der Waals surface area contributed by atoms with Crippen molar-refractivity contribution in [1.29, 1.82) is 5.26 Å². The minimum Gasteiger partial charge on any atom is -0.467 e. The van der Waals surface area contributed by atoms with Gasteiger partial charge < -0.3 is 15.0 Å². The van der Waals surface area contributed by atoms with Gasteiger partial charge in [-0.1, -0.05) is 12.1 Å². The van der Waals surface area contributed by atoms with Crippen LogP contribution in [0.1, 0.15) is 11.1 Å². The highest BCUT2D eigenvalue weighted by Crippen LogP contribution is 2.24. The van der Waals surface area contributed by atoms with Gasteiger partial charge in [0.25, 0.3) is 0 Å².